The molecule has 0 atom stereocenters. The Labute approximate surface area is 129 Å². The Kier molecular flexibility index (Phi) is 5.83. The predicted octanol–water partition coefficient (Wildman–Crippen LogP) is 3.15. The summed E-state index contributed by atoms with van der Waals surface area (Å²) in [7, 11) is 0. The number of amides is 1. The van der Waals surface area contributed by atoms with E-state index in [2.05, 4.69) is 5.32 Å². The van der Waals surface area contributed by atoms with Gasteiger partial charge in [0.1, 0.15) is 5.82 Å². The normalized spacial score (nSPS) is 10.2. The summed E-state index contributed by atoms with van der Waals surface area (Å²) in [6, 6.07) is 15.4. The summed E-state index contributed by atoms with van der Waals surface area (Å²) in [4.78, 5) is 23.6. The molecule has 0 aliphatic rings. The zero-order chi connectivity index (χ0) is 15.8. The van der Waals surface area contributed by atoms with Crippen LogP contribution in [0.15, 0.2) is 54.6 Å². The van der Waals surface area contributed by atoms with Crippen molar-refractivity contribution < 1.29 is 14.0 Å². The minimum atomic E-state index is -0.268. The Bertz CT molecular complexity index is 641. The number of Topliss-reactive ketones (excluding diaryl/α,β-unsaturated/α-hetero) is 1. The molecule has 0 saturated heterocycles. The topological polar surface area (TPSA) is 46.2 Å². The zero-order valence-corrected chi connectivity index (χ0v) is 12.2. The fourth-order valence-electron chi connectivity index (χ4n) is 2.12. The van der Waals surface area contributed by atoms with Gasteiger partial charge in [0.2, 0.25) is 5.91 Å². The van der Waals surface area contributed by atoms with E-state index in [4.69, 9.17) is 0 Å². The molecular formula is C18H18FNO2. The molecule has 4 heteroatoms. The summed E-state index contributed by atoms with van der Waals surface area (Å²) in [6.45, 7) is 0.360. The van der Waals surface area contributed by atoms with Crippen molar-refractivity contribution in [3.05, 3.63) is 71.5 Å². The van der Waals surface area contributed by atoms with Crippen molar-refractivity contribution in [1.82, 2.24) is 5.32 Å². The number of hydrogen-bond donors (Lipinski definition) is 1. The predicted molar refractivity (Wildman–Crippen MR) is 83.1 cm³/mol. The van der Waals surface area contributed by atoms with Gasteiger partial charge in [0.25, 0.3) is 0 Å². The minimum absolute atomic E-state index is 0.0511. The van der Waals surface area contributed by atoms with Gasteiger partial charge in [-0.05, 0) is 18.1 Å². The lowest BCUT2D eigenvalue weighted by Crippen LogP contribution is -2.26. The monoisotopic (exact) mass is 299 g/mol. The highest BCUT2D eigenvalue weighted by molar-refractivity contribution is 5.97. The molecule has 1 N–H and O–H groups in total. The van der Waals surface area contributed by atoms with Crippen LogP contribution in [0.2, 0.25) is 0 Å². The smallest absolute Gasteiger partial charge is 0.220 e. The first-order valence-electron chi connectivity index (χ1n) is 7.25. The molecule has 0 aliphatic carbocycles. The second-order valence-electron chi connectivity index (χ2n) is 4.98. The molecule has 2 aromatic rings. The van der Waals surface area contributed by atoms with E-state index in [0.29, 0.717) is 24.1 Å². The molecule has 3 nitrogen and oxygen atoms in total. The van der Waals surface area contributed by atoms with E-state index in [9.17, 15) is 14.0 Å². The number of hydrogen-bond acceptors (Lipinski definition) is 2. The number of ketones is 1. The lowest BCUT2D eigenvalue weighted by atomic mass is 10.1. The molecule has 2 rings (SSSR count). The Balaban J connectivity index is 1.70. The van der Waals surface area contributed by atoms with Crippen molar-refractivity contribution in [3.63, 3.8) is 0 Å². The lowest BCUT2D eigenvalue weighted by molar-refractivity contribution is -0.121. The Hall–Kier alpha value is -2.49. The second-order valence-corrected chi connectivity index (χ2v) is 4.98. The second kappa shape index (κ2) is 8.08. The first-order valence-corrected chi connectivity index (χ1v) is 7.25. The summed E-state index contributed by atoms with van der Waals surface area (Å²) in [5.74, 6) is -0.513. The molecule has 0 spiro atoms. The van der Waals surface area contributed by atoms with Crippen molar-refractivity contribution >= 4 is 11.7 Å². The summed E-state index contributed by atoms with van der Waals surface area (Å²) in [5, 5.41) is 2.71. The van der Waals surface area contributed by atoms with Crippen molar-refractivity contribution in [1.29, 1.82) is 0 Å². The summed E-state index contributed by atoms with van der Waals surface area (Å²) in [6.07, 6.45) is 0.756. The third kappa shape index (κ3) is 4.81. The summed E-state index contributed by atoms with van der Waals surface area (Å²) < 4.78 is 13.4. The maximum Gasteiger partial charge on any atom is 0.220 e. The van der Waals surface area contributed by atoms with E-state index in [1.54, 1.807) is 42.5 Å². The van der Waals surface area contributed by atoms with Crippen LogP contribution in [0.25, 0.3) is 0 Å². The van der Waals surface area contributed by atoms with Crippen LogP contribution in [0, 0.1) is 5.82 Å². The molecule has 2 aromatic carbocycles. The van der Waals surface area contributed by atoms with Gasteiger partial charge in [-0.1, -0.05) is 48.5 Å². The van der Waals surface area contributed by atoms with Gasteiger partial charge in [0.05, 0.1) is 0 Å². The highest BCUT2D eigenvalue weighted by Gasteiger charge is 2.09. The van der Waals surface area contributed by atoms with Gasteiger partial charge in [0, 0.05) is 24.9 Å². The van der Waals surface area contributed by atoms with Gasteiger partial charge < -0.3 is 5.32 Å². The van der Waals surface area contributed by atoms with Crippen LogP contribution in [-0.2, 0) is 11.2 Å². The van der Waals surface area contributed by atoms with Gasteiger partial charge in [-0.3, -0.25) is 9.59 Å². The number of carbonyl (C=O) groups is 2. The van der Waals surface area contributed by atoms with Crippen molar-refractivity contribution in [2.24, 2.45) is 0 Å². The Morgan fingerprint density at radius 1 is 0.909 bits per heavy atom. The maximum absolute atomic E-state index is 13.4. The van der Waals surface area contributed by atoms with E-state index >= 15 is 0 Å². The van der Waals surface area contributed by atoms with E-state index in [1.165, 1.54) is 6.07 Å². The number of carbonyl (C=O) groups excluding carboxylic acids is 2. The van der Waals surface area contributed by atoms with Crippen molar-refractivity contribution in [2.45, 2.75) is 19.3 Å². The highest BCUT2D eigenvalue weighted by atomic mass is 19.1. The van der Waals surface area contributed by atoms with Crippen molar-refractivity contribution in [3.8, 4) is 0 Å². The van der Waals surface area contributed by atoms with Gasteiger partial charge in [0.15, 0.2) is 5.78 Å². The largest absolute Gasteiger partial charge is 0.356 e. The maximum atomic E-state index is 13.4. The quantitative estimate of drug-likeness (QED) is 0.798. The van der Waals surface area contributed by atoms with E-state index in [1.807, 2.05) is 6.07 Å². The molecule has 0 heterocycles. The highest BCUT2D eigenvalue weighted by Crippen LogP contribution is 2.07. The SMILES string of the molecule is O=C(CCC(=O)c1ccccc1)NCCc1ccccc1F. The molecule has 0 bridgehead atoms. The lowest BCUT2D eigenvalue weighted by Gasteiger charge is -2.06. The van der Waals surface area contributed by atoms with Crippen LogP contribution in [-0.4, -0.2) is 18.2 Å². The molecule has 0 aromatic heterocycles. The molecular weight excluding hydrogens is 281 g/mol. The van der Waals surface area contributed by atoms with E-state index < -0.39 is 0 Å². The number of halogens is 1. The molecule has 22 heavy (non-hydrogen) atoms. The van der Waals surface area contributed by atoms with Gasteiger partial charge in [-0.2, -0.15) is 0 Å². The first kappa shape index (κ1) is 15.9. The Morgan fingerprint density at radius 2 is 1.59 bits per heavy atom. The van der Waals surface area contributed by atoms with Crippen LogP contribution in [0.4, 0.5) is 4.39 Å². The summed E-state index contributed by atoms with van der Waals surface area (Å²) >= 11 is 0. The Morgan fingerprint density at radius 3 is 2.32 bits per heavy atom. The first-order chi connectivity index (χ1) is 10.7. The average Bonchev–Trinajstić information content (AvgIpc) is 2.55. The summed E-state index contributed by atoms with van der Waals surface area (Å²) in [5.41, 5.74) is 1.19. The molecule has 0 radical (unpaired) electrons. The molecule has 0 aliphatic heterocycles. The number of rotatable bonds is 7. The molecule has 114 valence electrons. The third-order valence-corrected chi connectivity index (χ3v) is 3.35. The van der Waals surface area contributed by atoms with Gasteiger partial charge >= 0.3 is 0 Å². The van der Waals surface area contributed by atoms with Crippen LogP contribution in [0.5, 0.6) is 0 Å². The van der Waals surface area contributed by atoms with E-state index in [-0.39, 0.29) is 30.3 Å². The molecule has 1 amide bonds. The van der Waals surface area contributed by atoms with Crippen molar-refractivity contribution in [2.75, 3.05) is 6.54 Å². The van der Waals surface area contributed by atoms with Gasteiger partial charge in [-0.25, -0.2) is 4.39 Å². The molecule has 0 saturated carbocycles. The van der Waals surface area contributed by atoms with Crippen LogP contribution in [0.1, 0.15) is 28.8 Å². The van der Waals surface area contributed by atoms with Gasteiger partial charge in [-0.15, -0.1) is 0 Å². The molecule has 0 unspecified atom stereocenters. The van der Waals surface area contributed by atoms with Crippen LogP contribution < -0.4 is 5.32 Å². The number of benzene rings is 2. The fraction of sp³-hybridized carbons (Fsp3) is 0.222. The average molecular weight is 299 g/mol. The van der Waals surface area contributed by atoms with Crippen LogP contribution in [0.3, 0.4) is 0 Å². The standard InChI is InChI=1S/C18H18FNO2/c19-16-9-5-4-6-14(16)12-13-20-18(22)11-10-17(21)15-7-2-1-3-8-15/h1-9H,10-13H2,(H,20,22). The fourth-order valence-corrected chi connectivity index (χ4v) is 2.12. The molecule has 0 fully saturated rings. The zero-order valence-electron chi connectivity index (χ0n) is 12.2. The number of nitrogens with one attached hydrogen (secondary N) is 1. The van der Waals surface area contributed by atoms with E-state index in [0.717, 1.165) is 0 Å². The van der Waals surface area contributed by atoms with Crippen LogP contribution >= 0.6 is 0 Å². The minimum Gasteiger partial charge on any atom is -0.356 e. The third-order valence-electron chi connectivity index (χ3n) is 3.35.